The Labute approximate surface area is 98.7 Å². The quantitative estimate of drug-likeness (QED) is 0.855. The molecule has 1 heterocycles. The van der Waals surface area contributed by atoms with Gasteiger partial charge >= 0.3 is 6.18 Å². The van der Waals surface area contributed by atoms with Crippen LogP contribution in [0.2, 0.25) is 0 Å². The molecule has 7 heteroatoms. The second-order valence-electron chi connectivity index (χ2n) is 3.79. The fourth-order valence-corrected chi connectivity index (χ4v) is 1.59. The molecule has 1 aromatic heterocycles. The first-order valence-electron chi connectivity index (χ1n) is 4.99. The van der Waals surface area contributed by atoms with Gasteiger partial charge in [-0.05, 0) is 19.1 Å². The van der Waals surface area contributed by atoms with Crippen molar-refractivity contribution in [1.82, 2.24) is 0 Å². The zero-order chi connectivity index (χ0) is 13.5. The van der Waals surface area contributed by atoms with Crippen molar-refractivity contribution in [2.24, 2.45) is 0 Å². The van der Waals surface area contributed by atoms with E-state index in [4.69, 9.17) is 0 Å². The summed E-state index contributed by atoms with van der Waals surface area (Å²) in [7, 11) is 0. The molecule has 96 valence electrons. The number of furan rings is 1. The summed E-state index contributed by atoms with van der Waals surface area (Å²) in [6.07, 6.45) is -3.53. The van der Waals surface area contributed by atoms with Crippen LogP contribution >= 0.6 is 0 Å². The van der Waals surface area contributed by atoms with E-state index in [0.717, 1.165) is 12.3 Å². The SMILES string of the molecule is Cc1c(N[C@@H](c2ccco2)C(F)(F)F)c(=O)c1=O. The van der Waals surface area contributed by atoms with Crippen molar-refractivity contribution in [2.45, 2.75) is 19.1 Å². The lowest BCUT2D eigenvalue weighted by Gasteiger charge is -2.21. The summed E-state index contributed by atoms with van der Waals surface area (Å²) in [5.74, 6) is -0.366. The first-order chi connectivity index (χ1) is 8.32. The molecule has 4 nitrogen and oxygen atoms in total. The highest BCUT2D eigenvalue weighted by molar-refractivity contribution is 5.56. The lowest BCUT2D eigenvalue weighted by atomic mass is 10.1. The molecule has 0 amide bonds. The summed E-state index contributed by atoms with van der Waals surface area (Å²) in [5, 5.41) is 2.02. The number of anilines is 1. The first kappa shape index (κ1) is 12.4. The smallest absolute Gasteiger partial charge is 0.415 e. The molecule has 0 radical (unpaired) electrons. The van der Waals surface area contributed by atoms with Crippen LogP contribution in [-0.4, -0.2) is 6.18 Å². The van der Waals surface area contributed by atoms with Crippen molar-refractivity contribution in [3.63, 3.8) is 0 Å². The Morgan fingerprint density at radius 2 is 1.94 bits per heavy atom. The predicted molar refractivity (Wildman–Crippen MR) is 57.2 cm³/mol. The molecule has 0 fully saturated rings. The van der Waals surface area contributed by atoms with Gasteiger partial charge in [0.05, 0.1) is 12.0 Å². The minimum absolute atomic E-state index is 0.000746. The number of alkyl halides is 3. The van der Waals surface area contributed by atoms with Crippen molar-refractivity contribution < 1.29 is 17.6 Å². The monoisotopic (exact) mass is 259 g/mol. The minimum atomic E-state index is -4.63. The fraction of sp³-hybridized carbons (Fsp3) is 0.273. The third kappa shape index (κ3) is 1.92. The lowest BCUT2D eigenvalue weighted by molar-refractivity contribution is -0.147. The van der Waals surface area contributed by atoms with Crippen LogP contribution in [-0.2, 0) is 0 Å². The van der Waals surface area contributed by atoms with Gasteiger partial charge in [-0.25, -0.2) is 0 Å². The average molecular weight is 259 g/mol. The van der Waals surface area contributed by atoms with Gasteiger partial charge in [0, 0.05) is 5.56 Å². The molecule has 0 aliphatic heterocycles. The van der Waals surface area contributed by atoms with Gasteiger partial charge in [-0.1, -0.05) is 0 Å². The van der Waals surface area contributed by atoms with Gasteiger partial charge < -0.3 is 9.73 Å². The number of halogens is 3. The maximum absolute atomic E-state index is 12.8. The number of rotatable bonds is 3. The molecule has 1 atom stereocenters. The van der Waals surface area contributed by atoms with Gasteiger partial charge in [0.1, 0.15) is 5.76 Å². The molecular formula is C11H8F3NO3. The summed E-state index contributed by atoms with van der Waals surface area (Å²) in [5.41, 5.74) is -2.01. The summed E-state index contributed by atoms with van der Waals surface area (Å²) in [6.45, 7) is 1.29. The Balaban J connectivity index is 2.34. The topological polar surface area (TPSA) is 59.3 Å². The van der Waals surface area contributed by atoms with Gasteiger partial charge in [-0.3, -0.25) is 9.59 Å². The second kappa shape index (κ2) is 4.01. The molecule has 0 saturated heterocycles. The van der Waals surface area contributed by atoms with Crippen molar-refractivity contribution in [1.29, 1.82) is 0 Å². The zero-order valence-electron chi connectivity index (χ0n) is 9.17. The molecule has 2 rings (SSSR count). The van der Waals surface area contributed by atoms with Crippen molar-refractivity contribution in [3.8, 4) is 0 Å². The maximum atomic E-state index is 12.8. The normalized spacial score (nSPS) is 13.8. The Morgan fingerprint density at radius 1 is 1.28 bits per heavy atom. The molecule has 18 heavy (non-hydrogen) atoms. The maximum Gasteiger partial charge on any atom is 0.415 e. The minimum Gasteiger partial charge on any atom is -0.467 e. The van der Waals surface area contributed by atoms with Gasteiger partial charge in [0.15, 0.2) is 6.04 Å². The summed E-state index contributed by atoms with van der Waals surface area (Å²) in [6, 6.07) is 0.311. The molecule has 1 N–H and O–H groups in total. The summed E-state index contributed by atoms with van der Waals surface area (Å²) < 4.78 is 43.1. The molecule has 2 aromatic rings. The van der Waals surface area contributed by atoms with Gasteiger partial charge in [0.2, 0.25) is 10.9 Å². The van der Waals surface area contributed by atoms with Crippen LogP contribution in [0.25, 0.3) is 0 Å². The number of nitrogens with one attached hydrogen (secondary N) is 1. The van der Waals surface area contributed by atoms with Crippen LogP contribution in [0.15, 0.2) is 32.4 Å². The third-order valence-corrected chi connectivity index (χ3v) is 2.59. The molecule has 1 aromatic carbocycles. The van der Waals surface area contributed by atoms with Crippen molar-refractivity contribution in [2.75, 3.05) is 5.32 Å². The van der Waals surface area contributed by atoms with Gasteiger partial charge in [-0.2, -0.15) is 13.2 Å². The van der Waals surface area contributed by atoms with Crippen LogP contribution in [0, 0.1) is 6.92 Å². The van der Waals surface area contributed by atoms with E-state index >= 15 is 0 Å². The van der Waals surface area contributed by atoms with Crippen LogP contribution in [0.5, 0.6) is 0 Å². The Kier molecular flexibility index (Phi) is 2.76. The van der Waals surface area contributed by atoms with Crippen molar-refractivity contribution >= 4 is 5.69 Å². The highest BCUT2D eigenvalue weighted by Gasteiger charge is 2.44. The van der Waals surface area contributed by atoms with E-state index in [9.17, 15) is 22.8 Å². The molecule has 0 bridgehead atoms. The Morgan fingerprint density at radius 3 is 2.39 bits per heavy atom. The molecule has 0 aliphatic rings. The average Bonchev–Trinajstić information content (AvgIpc) is 2.80. The van der Waals surface area contributed by atoms with Crippen LogP contribution in [0.4, 0.5) is 18.9 Å². The molecule has 0 aliphatic carbocycles. The van der Waals surface area contributed by atoms with E-state index < -0.39 is 23.1 Å². The third-order valence-electron chi connectivity index (χ3n) is 2.59. The fourth-order valence-electron chi connectivity index (χ4n) is 1.59. The van der Waals surface area contributed by atoms with E-state index in [0.29, 0.717) is 0 Å². The van der Waals surface area contributed by atoms with E-state index in [1.807, 2.05) is 5.32 Å². The number of hydrogen-bond donors (Lipinski definition) is 1. The lowest BCUT2D eigenvalue weighted by Crippen LogP contribution is -2.40. The summed E-state index contributed by atoms with van der Waals surface area (Å²) in [4.78, 5) is 22.1. The van der Waals surface area contributed by atoms with Gasteiger partial charge in [-0.15, -0.1) is 0 Å². The van der Waals surface area contributed by atoms with E-state index in [2.05, 4.69) is 4.42 Å². The summed E-state index contributed by atoms with van der Waals surface area (Å²) >= 11 is 0. The highest BCUT2D eigenvalue weighted by atomic mass is 19.4. The van der Waals surface area contributed by atoms with E-state index in [1.165, 1.54) is 13.0 Å². The Bertz CT molecular complexity index is 621. The first-order valence-corrected chi connectivity index (χ1v) is 4.99. The van der Waals surface area contributed by atoms with E-state index in [1.54, 1.807) is 0 Å². The number of hydrogen-bond acceptors (Lipinski definition) is 4. The molecule has 0 saturated carbocycles. The van der Waals surface area contributed by atoms with Crippen LogP contribution in [0.3, 0.4) is 0 Å². The van der Waals surface area contributed by atoms with Crippen molar-refractivity contribution in [3.05, 3.63) is 50.2 Å². The largest absolute Gasteiger partial charge is 0.467 e. The van der Waals surface area contributed by atoms with Gasteiger partial charge in [0.25, 0.3) is 0 Å². The van der Waals surface area contributed by atoms with Crippen LogP contribution in [0.1, 0.15) is 17.4 Å². The highest BCUT2D eigenvalue weighted by Crippen LogP contribution is 2.35. The zero-order valence-corrected chi connectivity index (χ0v) is 9.17. The molecule has 0 unspecified atom stereocenters. The van der Waals surface area contributed by atoms with E-state index in [-0.39, 0.29) is 17.0 Å². The van der Waals surface area contributed by atoms with Crippen LogP contribution < -0.4 is 16.2 Å². The molecule has 0 spiro atoms. The predicted octanol–water partition coefficient (Wildman–Crippen LogP) is 1.90. The Hall–Kier alpha value is -2.05. The molecular weight excluding hydrogens is 251 g/mol. The second-order valence-corrected chi connectivity index (χ2v) is 3.79. The standard InChI is InChI=1S/C11H8F3NO3/c1-5-7(9(17)8(5)16)15-10(11(12,13)14)6-3-2-4-18-6/h2-4,10,15H,1H3/t10-/m0/s1.